The third-order valence-electron chi connectivity index (χ3n) is 7.80. The number of esters is 4. The van der Waals surface area contributed by atoms with E-state index < -0.39 is 79.4 Å². The highest BCUT2D eigenvalue weighted by molar-refractivity contribution is 5.86. The van der Waals surface area contributed by atoms with E-state index in [2.05, 4.69) is 29.5 Å². The largest absolute Gasteiger partial charge is 0.463 e. The van der Waals surface area contributed by atoms with Gasteiger partial charge in [-0.05, 0) is 18.1 Å². The van der Waals surface area contributed by atoms with Gasteiger partial charge in [0.05, 0.1) is 19.3 Å². The van der Waals surface area contributed by atoms with Gasteiger partial charge < -0.3 is 48.8 Å². The highest BCUT2D eigenvalue weighted by Crippen LogP contribution is 2.29. The molecule has 15 heteroatoms. The molecule has 0 spiro atoms. The second kappa shape index (κ2) is 16.4. The number of rotatable bonds is 13. The molecule has 6 atom stereocenters. The Hall–Kier alpha value is -4.05. The second-order valence-electron chi connectivity index (χ2n) is 12.7. The van der Waals surface area contributed by atoms with Crippen molar-refractivity contribution in [3.8, 4) is 0 Å². The number of nitrogens with one attached hydrogen (secondary N) is 3. The highest BCUT2D eigenvalue weighted by Gasteiger charge is 2.52. The van der Waals surface area contributed by atoms with Crippen molar-refractivity contribution in [2.24, 2.45) is 5.41 Å². The number of carbonyl (C=O) groups excluding carboxylic acids is 5. The molecule has 2 aromatic rings. The maximum atomic E-state index is 14.2. The molecule has 1 amide bonds. The fourth-order valence-corrected chi connectivity index (χ4v) is 5.63. The molecule has 3 heterocycles. The fourth-order valence-electron chi connectivity index (χ4n) is 5.63. The minimum absolute atomic E-state index is 0.0953. The van der Waals surface area contributed by atoms with E-state index in [0.29, 0.717) is 26.2 Å². The second-order valence-corrected chi connectivity index (χ2v) is 12.7. The normalized spacial score (nSPS) is 24.7. The molecule has 0 radical (unpaired) electrons. The number of ether oxygens (including phenoxy) is 7. The lowest BCUT2D eigenvalue weighted by atomic mass is 9.95. The Bertz CT molecular complexity index is 1450. The number of fused-ring (bicyclic) bond motifs is 1. The average molecular weight is 676 g/mol. The van der Waals surface area contributed by atoms with Gasteiger partial charge >= 0.3 is 23.9 Å². The molecular formula is C33H45N3O12. The lowest BCUT2D eigenvalue weighted by Crippen LogP contribution is -2.68. The van der Waals surface area contributed by atoms with E-state index in [1.54, 1.807) is 0 Å². The van der Waals surface area contributed by atoms with Crippen molar-refractivity contribution in [1.29, 1.82) is 0 Å². The minimum Gasteiger partial charge on any atom is -0.463 e. The van der Waals surface area contributed by atoms with Crippen LogP contribution < -0.4 is 10.6 Å². The summed E-state index contributed by atoms with van der Waals surface area (Å²) in [6.45, 7) is 9.69. The van der Waals surface area contributed by atoms with Crippen molar-refractivity contribution in [3.63, 3.8) is 0 Å². The molecule has 48 heavy (non-hydrogen) atoms. The molecule has 264 valence electrons. The van der Waals surface area contributed by atoms with Crippen LogP contribution in [0.1, 0.15) is 53.5 Å². The zero-order valence-electron chi connectivity index (χ0n) is 28.1. The molecule has 2 saturated heterocycles. The smallest absolute Gasteiger partial charge is 0.305 e. The molecule has 4 rings (SSSR count). The summed E-state index contributed by atoms with van der Waals surface area (Å²) in [4.78, 5) is 65.7. The molecule has 2 aliphatic rings. The molecule has 15 nitrogen and oxygen atoms in total. The Morgan fingerprint density at radius 2 is 1.56 bits per heavy atom. The summed E-state index contributed by atoms with van der Waals surface area (Å²) in [6, 6.07) is 5.48. The van der Waals surface area contributed by atoms with Gasteiger partial charge in [0.1, 0.15) is 18.8 Å². The predicted octanol–water partition coefficient (Wildman–Crippen LogP) is 1.66. The van der Waals surface area contributed by atoms with Crippen LogP contribution in [0.25, 0.3) is 10.9 Å². The third-order valence-corrected chi connectivity index (χ3v) is 7.80. The Labute approximate surface area is 278 Å². The van der Waals surface area contributed by atoms with E-state index in [9.17, 15) is 24.0 Å². The van der Waals surface area contributed by atoms with Gasteiger partial charge in [0, 0.05) is 63.2 Å². The summed E-state index contributed by atoms with van der Waals surface area (Å²) in [7, 11) is 0. The lowest BCUT2D eigenvalue weighted by Gasteiger charge is -2.44. The van der Waals surface area contributed by atoms with Gasteiger partial charge in [-0.1, -0.05) is 32.0 Å². The first-order chi connectivity index (χ1) is 22.7. The number of amides is 1. The standard InChI is InChI=1S/C33H45N3O12/c1-18(37)42-15-26-29(45-19(2)38)30(46-20(3)39)28(32(48-26)47-21(4)40)36-31(41)25(13-22-14-35-24-10-8-7-9-23(22)24)34-12-11-27-43-16-33(5,6)17-44-27/h7-10,14,25-30,32,34-35H,11-13,15-17H2,1-6H3,(H,36,41)/t25-,26?,28+,29+,30+,32?/m0/s1. The number of H-pyrrole nitrogens is 1. The average Bonchev–Trinajstić information content (AvgIpc) is 3.41. The van der Waals surface area contributed by atoms with Crippen molar-refractivity contribution >= 4 is 40.7 Å². The van der Waals surface area contributed by atoms with Gasteiger partial charge in [0.25, 0.3) is 0 Å². The summed E-state index contributed by atoms with van der Waals surface area (Å²) in [5, 5.41) is 7.05. The van der Waals surface area contributed by atoms with Gasteiger partial charge in [-0.2, -0.15) is 0 Å². The molecule has 0 bridgehead atoms. The first-order valence-corrected chi connectivity index (χ1v) is 15.8. The number of aromatic amines is 1. The van der Waals surface area contributed by atoms with Crippen LogP contribution in [0.3, 0.4) is 0 Å². The number of para-hydroxylation sites is 1. The maximum Gasteiger partial charge on any atom is 0.305 e. The minimum atomic E-state index is -1.51. The van der Waals surface area contributed by atoms with E-state index in [1.807, 2.05) is 30.5 Å². The summed E-state index contributed by atoms with van der Waals surface area (Å²) in [5.41, 5.74) is 1.66. The summed E-state index contributed by atoms with van der Waals surface area (Å²) < 4.78 is 39.2. The molecule has 2 unspecified atom stereocenters. The first kappa shape index (κ1) is 36.8. The molecule has 0 aliphatic carbocycles. The number of aromatic nitrogens is 1. The quantitative estimate of drug-likeness (QED) is 0.206. The summed E-state index contributed by atoms with van der Waals surface area (Å²) in [6.07, 6.45) is -3.38. The Morgan fingerprint density at radius 3 is 2.21 bits per heavy atom. The number of hydrogen-bond donors (Lipinski definition) is 3. The van der Waals surface area contributed by atoms with Gasteiger partial charge in [-0.3, -0.25) is 24.0 Å². The molecular weight excluding hydrogens is 630 g/mol. The molecule has 2 fully saturated rings. The van der Waals surface area contributed by atoms with Crippen LogP contribution in [0.2, 0.25) is 0 Å². The molecule has 0 saturated carbocycles. The van der Waals surface area contributed by atoms with Crippen LogP contribution >= 0.6 is 0 Å². The van der Waals surface area contributed by atoms with Crippen molar-refractivity contribution in [1.82, 2.24) is 15.6 Å². The maximum absolute atomic E-state index is 14.2. The Kier molecular flexibility index (Phi) is 12.5. The Balaban J connectivity index is 1.61. The van der Waals surface area contributed by atoms with Crippen molar-refractivity contribution < 1.29 is 57.1 Å². The summed E-state index contributed by atoms with van der Waals surface area (Å²) >= 11 is 0. The van der Waals surface area contributed by atoms with E-state index in [0.717, 1.165) is 37.2 Å². The number of carbonyl (C=O) groups is 5. The molecule has 1 aromatic heterocycles. The van der Waals surface area contributed by atoms with Crippen molar-refractivity contribution in [2.45, 2.75) is 97.4 Å². The summed E-state index contributed by atoms with van der Waals surface area (Å²) in [5.74, 6) is -3.48. The molecule has 3 N–H and O–H groups in total. The number of hydrogen-bond acceptors (Lipinski definition) is 13. The fraction of sp³-hybridized carbons (Fsp3) is 0.606. The molecule has 2 aliphatic heterocycles. The predicted molar refractivity (Wildman–Crippen MR) is 168 cm³/mol. The lowest BCUT2D eigenvalue weighted by molar-refractivity contribution is -0.271. The van der Waals surface area contributed by atoms with Crippen LogP contribution in [-0.4, -0.2) is 104 Å². The monoisotopic (exact) mass is 675 g/mol. The van der Waals surface area contributed by atoms with Crippen LogP contribution in [0, 0.1) is 5.41 Å². The van der Waals surface area contributed by atoms with Crippen molar-refractivity contribution in [2.75, 3.05) is 26.4 Å². The van der Waals surface area contributed by atoms with E-state index in [1.165, 1.54) is 6.92 Å². The third kappa shape index (κ3) is 10.2. The van der Waals surface area contributed by atoms with Gasteiger partial charge in [-0.15, -0.1) is 0 Å². The van der Waals surface area contributed by atoms with Gasteiger partial charge in [0.2, 0.25) is 12.2 Å². The zero-order chi connectivity index (χ0) is 35.0. The Morgan fingerprint density at radius 1 is 0.917 bits per heavy atom. The highest BCUT2D eigenvalue weighted by atomic mass is 16.7. The van der Waals surface area contributed by atoms with E-state index in [-0.39, 0.29) is 11.8 Å². The van der Waals surface area contributed by atoms with Crippen LogP contribution in [0.15, 0.2) is 30.5 Å². The molecule has 1 aromatic carbocycles. The van der Waals surface area contributed by atoms with Crippen LogP contribution in [-0.2, 0) is 63.6 Å². The SMILES string of the molecule is CC(=O)OCC1OC(OC(C)=O)[C@H](NC(=O)[C@H](Cc2c[nH]c3ccccc23)NCCC2OCC(C)(C)CO2)[C@@H](OC(C)=O)[C@@H]1OC(C)=O. The van der Waals surface area contributed by atoms with Gasteiger partial charge in [-0.25, -0.2) is 0 Å². The van der Waals surface area contributed by atoms with E-state index >= 15 is 0 Å². The van der Waals surface area contributed by atoms with Gasteiger partial charge in [0.15, 0.2) is 18.5 Å². The first-order valence-electron chi connectivity index (χ1n) is 15.8. The van der Waals surface area contributed by atoms with E-state index in [4.69, 9.17) is 33.2 Å². The number of benzene rings is 1. The van der Waals surface area contributed by atoms with Crippen LogP contribution in [0.4, 0.5) is 0 Å². The zero-order valence-corrected chi connectivity index (χ0v) is 28.1. The van der Waals surface area contributed by atoms with Crippen LogP contribution in [0.5, 0.6) is 0 Å². The topological polar surface area (TPSA) is 190 Å². The van der Waals surface area contributed by atoms with Crippen molar-refractivity contribution in [3.05, 3.63) is 36.0 Å².